The Labute approximate surface area is 509 Å². The van der Waals surface area contributed by atoms with E-state index in [4.69, 9.17) is 14.2 Å². The molecule has 0 saturated carbocycles. The second-order valence-corrected chi connectivity index (χ2v) is 23.3. The monoisotopic (exact) mass is 1230 g/mol. The number of anilines is 1. The number of carbonyl (C=O) groups is 9. The molecule has 87 heavy (non-hydrogen) atoms. The van der Waals surface area contributed by atoms with Gasteiger partial charge in [0.1, 0.15) is 18.7 Å². The maximum Gasteiger partial charge on any atom is 0.410 e. The first-order valence-corrected chi connectivity index (χ1v) is 29.9. The van der Waals surface area contributed by atoms with E-state index in [1.54, 1.807) is 77.8 Å². The lowest BCUT2D eigenvalue weighted by Gasteiger charge is -2.39. The van der Waals surface area contributed by atoms with Crippen molar-refractivity contribution in [1.82, 2.24) is 40.9 Å². The van der Waals surface area contributed by atoms with Crippen molar-refractivity contribution in [1.29, 1.82) is 0 Å². The number of imide groups is 1. The molecule has 484 valence electrons. The minimum atomic E-state index is -4.69. The maximum absolute atomic E-state index is 14.3. The number of nitrogens with one attached hydrogen (secondary N) is 5. The van der Waals surface area contributed by atoms with Gasteiger partial charge in [0.15, 0.2) is 0 Å². The molecule has 6 N–H and O–H groups in total. The molecule has 11 unspecified atom stereocenters. The highest BCUT2D eigenvalue weighted by Crippen LogP contribution is 2.31. The van der Waals surface area contributed by atoms with Gasteiger partial charge in [0.2, 0.25) is 35.4 Å². The summed E-state index contributed by atoms with van der Waals surface area (Å²) in [6, 6.07) is 9.16. The Hall–Kier alpha value is -6.96. The molecule has 2 heterocycles. The number of aliphatic hydroxyl groups is 1. The number of ether oxygens (including phenoxy) is 3. The van der Waals surface area contributed by atoms with E-state index >= 15 is 0 Å². The summed E-state index contributed by atoms with van der Waals surface area (Å²) >= 11 is 0. The standard InChI is InChI=1S/C62H92F3N9O13/c1-13-39(6)55(46(85-11)33-51(78)73-32-20-23-45(73)57(86-12)40(7)58(81)68-41(8)56(80)43-21-16-14-17-22-43)71(9)52(79)35-67-60(83)54(38(4)5)72(10)61(84)87-36-42-25-27-44(28-26-42)69-48(75)34-66-59(82)53(37(2)3)70-47(62(63,64)65)24-18-15-19-31-74-49(76)29-30-50(74)77/h14,16-17,21-22,25-30,37-41,45-47,53-57,70,80H,13,15,18-20,23-24,31-36H2,1-12H3,(H,66,82)(H,67,83)(H,68,81)(H,69,75). The van der Waals surface area contributed by atoms with Crippen LogP contribution in [0.5, 0.6) is 0 Å². The first-order valence-electron chi connectivity index (χ1n) is 29.9. The molecule has 0 aliphatic carbocycles. The molecule has 9 amide bonds. The lowest BCUT2D eigenvalue weighted by molar-refractivity contribution is -0.161. The predicted molar refractivity (Wildman–Crippen MR) is 319 cm³/mol. The molecule has 2 aliphatic heterocycles. The molecule has 1 fully saturated rings. The number of likely N-dealkylation sites (N-methyl/N-ethyl adjacent to an activating group) is 2. The van der Waals surface area contributed by atoms with Gasteiger partial charge in [-0.3, -0.25) is 53.5 Å². The van der Waals surface area contributed by atoms with E-state index in [0.717, 1.165) is 22.0 Å². The summed E-state index contributed by atoms with van der Waals surface area (Å²) in [6.45, 7) is 13.3. The minimum absolute atomic E-state index is 0.0879. The number of methoxy groups -OCH3 is 2. The number of hydrogen-bond donors (Lipinski definition) is 6. The summed E-state index contributed by atoms with van der Waals surface area (Å²) in [7, 11) is 5.96. The van der Waals surface area contributed by atoms with Crippen molar-refractivity contribution >= 4 is 59.0 Å². The second kappa shape index (κ2) is 34.5. The summed E-state index contributed by atoms with van der Waals surface area (Å²) < 4.78 is 59.8. The number of amides is 9. The molecule has 2 aromatic carbocycles. The lowest BCUT2D eigenvalue weighted by atomic mass is 9.90. The Bertz CT molecular complexity index is 2630. The molecule has 11 atom stereocenters. The quantitative estimate of drug-likeness (QED) is 0.0366. The van der Waals surface area contributed by atoms with Crippen LogP contribution in [0.1, 0.15) is 124 Å². The zero-order valence-corrected chi connectivity index (χ0v) is 52.3. The normalized spacial score (nSPS) is 17.8. The fourth-order valence-electron chi connectivity index (χ4n) is 11.1. The summed E-state index contributed by atoms with van der Waals surface area (Å²) in [5, 5.41) is 23.9. The number of aliphatic hydroxyl groups excluding tert-OH is 1. The first-order chi connectivity index (χ1) is 41.1. The molecule has 2 aromatic rings. The molecular formula is C62H92F3N9O13. The topological polar surface area (TPSA) is 275 Å². The summed E-state index contributed by atoms with van der Waals surface area (Å²) in [4.78, 5) is 124. The van der Waals surface area contributed by atoms with Crippen LogP contribution in [0.4, 0.5) is 23.7 Å². The van der Waals surface area contributed by atoms with Crippen LogP contribution in [0.3, 0.4) is 0 Å². The molecule has 4 rings (SSSR count). The highest BCUT2D eigenvalue weighted by Gasteiger charge is 2.44. The number of unbranched alkanes of at least 4 members (excludes halogenated alkanes) is 2. The van der Waals surface area contributed by atoms with Gasteiger partial charge in [-0.1, -0.05) is 110 Å². The van der Waals surface area contributed by atoms with E-state index in [1.807, 2.05) is 32.0 Å². The number of carbonyl (C=O) groups excluding carboxylic acids is 9. The van der Waals surface area contributed by atoms with Crippen molar-refractivity contribution in [3.63, 3.8) is 0 Å². The van der Waals surface area contributed by atoms with Crippen LogP contribution in [0.15, 0.2) is 66.7 Å². The Balaban J connectivity index is 1.26. The second-order valence-electron chi connectivity index (χ2n) is 23.3. The number of likely N-dealkylation sites (tertiary alicyclic amines) is 1. The van der Waals surface area contributed by atoms with Gasteiger partial charge < -0.3 is 50.4 Å². The molecule has 0 radical (unpaired) electrons. The van der Waals surface area contributed by atoms with Gasteiger partial charge >= 0.3 is 12.3 Å². The Morgan fingerprint density at radius 2 is 1.41 bits per heavy atom. The summed E-state index contributed by atoms with van der Waals surface area (Å²) in [5.41, 5.74) is 1.48. The fraction of sp³-hybridized carbons (Fsp3) is 0.629. The van der Waals surface area contributed by atoms with Crippen LogP contribution in [0.25, 0.3) is 0 Å². The van der Waals surface area contributed by atoms with Crippen molar-refractivity contribution in [2.24, 2.45) is 23.7 Å². The van der Waals surface area contributed by atoms with Crippen molar-refractivity contribution in [3.8, 4) is 0 Å². The third-order valence-electron chi connectivity index (χ3n) is 16.3. The van der Waals surface area contributed by atoms with Crippen LogP contribution in [-0.4, -0.2) is 187 Å². The number of hydrogen-bond acceptors (Lipinski definition) is 14. The number of nitrogens with zero attached hydrogens (tertiary/aromatic N) is 4. The van der Waals surface area contributed by atoms with Crippen molar-refractivity contribution < 1.29 is 75.6 Å². The van der Waals surface area contributed by atoms with Crippen LogP contribution in [-0.2, 0) is 59.2 Å². The molecule has 0 bridgehead atoms. The van der Waals surface area contributed by atoms with Crippen molar-refractivity contribution in [3.05, 3.63) is 77.9 Å². The third kappa shape index (κ3) is 21.1. The smallest absolute Gasteiger partial charge is 0.410 e. The minimum Gasteiger partial charge on any atom is -0.445 e. The summed E-state index contributed by atoms with van der Waals surface area (Å²) in [5.74, 6) is -5.92. The van der Waals surface area contributed by atoms with E-state index in [0.29, 0.717) is 55.5 Å². The van der Waals surface area contributed by atoms with Gasteiger partial charge in [-0.15, -0.1) is 0 Å². The summed E-state index contributed by atoms with van der Waals surface area (Å²) in [6.07, 6.45) is -3.44. The zero-order valence-electron chi connectivity index (χ0n) is 52.3. The number of alkyl halides is 3. The number of rotatable bonds is 34. The van der Waals surface area contributed by atoms with Crippen LogP contribution in [0, 0.1) is 23.7 Å². The van der Waals surface area contributed by atoms with E-state index in [-0.39, 0.29) is 50.1 Å². The van der Waals surface area contributed by atoms with Gasteiger partial charge in [-0.2, -0.15) is 13.2 Å². The highest BCUT2D eigenvalue weighted by atomic mass is 19.4. The Morgan fingerprint density at radius 1 is 0.782 bits per heavy atom. The van der Waals surface area contributed by atoms with Gasteiger partial charge in [-0.25, -0.2) is 4.79 Å². The molecule has 2 aliphatic rings. The van der Waals surface area contributed by atoms with Gasteiger partial charge in [-0.05, 0) is 73.6 Å². The third-order valence-corrected chi connectivity index (χ3v) is 16.3. The number of benzene rings is 2. The van der Waals surface area contributed by atoms with E-state index < -0.39 is 133 Å². The zero-order chi connectivity index (χ0) is 64.9. The van der Waals surface area contributed by atoms with Gasteiger partial charge in [0, 0.05) is 59.2 Å². The van der Waals surface area contributed by atoms with E-state index in [9.17, 15) is 61.4 Å². The molecule has 0 spiro atoms. The highest BCUT2D eigenvalue weighted by molar-refractivity contribution is 6.12. The Morgan fingerprint density at radius 3 is 1.99 bits per heavy atom. The predicted octanol–water partition coefficient (Wildman–Crippen LogP) is 5.64. The molecular weight excluding hydrogens is 1140 g/mol. The molecule has 0 aromatic heterocycles. The van der Waals surface area contributed by atoms with Gasteiger partial charge in [0.25, 0.3) is 11.8 Å². The molecule has 25 heteroatoms. The van der Waals surface area contributed by atoms with E-state index in [2.05, 4.69) is 26.6 Å². The van der Waals surface area contributed by atoms with Crippen LogP contribution in [0.2, 0.25) is 0 Å². The maximum atomic E-state index is 14.3. The average molecular weight is 1230 g/mol. The van der Waals surface area contributed by atoms with Crippen LogP contribution >= 0.6 is 0 Å². The lowest BCUT2D eigenvalue weighted by Crippen LogP contribution is -2.56. The van der Waals surface area contributed by atoms with E-state index in [1.165, 1.54) is 38.3 Å². The average Bonchev–Trinajstić information content (AvgIpc) is 3.11. The fourth-order valence-corrected chi connectivity index (χ4v) is 11.1. The van der Waals surface area contributed by atoms with Crippen molar-refractivity contribution in [2.45, 2.75) is 174 Å². The largest absolute Gasteiger partial charge is 0.445 e. The SMILES string of the molecule is CCC(C)C(C(CC(=O)N1CCCC1C(OC)C(C)C(=O)NC(C)C(O)c1ccccc1)OC)N(C)C(=O)CNC(=O)C(C(C)C)N(C)C(=O)OCc1ccc(NC(=O)CNC(=O)C(NC(CCCCCN2C(=O)C=CC2=O)C(F)(F)F)C(C)C)cc1. The molecule has 22 nitrogen and oxygen atoms in total. The van der Waals surface area contributed by atoms with Gasteiger partial charge in [0.05, 0.1) is 67.9 Å². The van der Waals surface area contributed by atoms with Crippen molar-refractivity contribution in [2.75, 3.05) is 59.8 Å². The first kappa shape index (κ1) is 72.5. The van der Waals surface area contributed by atoms with Crippen LogP contribution < -0.4 is 26.6 Å². The Kier molecular flexibility index (Phi) is 28.8. The number of halogens is 3. The molecule has 1 saturated heterocycles.